The van der Waals surface area contributed by atoms with Crippen LogP contribution in [0.25, 0.3) is 0 Å². The second kappa shape index (κ2) is 7.58. The van der Waals surface area contributed by atoms with Gasteiger partial charge in [-0.3, -0.25) is 9.59 Å². The zero-order chi connectivity index (χ0) is 16.0. The SMILES string of the molecule is O=C(O)C[C@@H](NC(=O)COc1ccc(F)cc1Br)C(=O)O. The maximum Gasteiger partial charge on any atom is 0.326 e. The summed E-state index contributed by atoms with van der Waals surface area (Å²) >= 11 is 3.04. The number of hydrogen-bond acceptors (Lipinski definition) is 4. The van der Waals surface area contributed by atoms with Gasteiger partial charge in [-0.15, -0.1) is 0 Å². The van der Waals surface area contributed by atoms with E-state index in [0.29, 0.717) is 0 Å². The van der Waals surface area contributed by atoms with Crippen LogP contribution < -0.4 is 10.1 Å². The summed E-state index contributed by atoms with van der Waals surface area (Å²) in [6.07, 6.45) is -0.749. The van der Waals surface area contributed by atoms with Crippen LogP contribution in [0.15, 0.2) is 22.7 Å². The highest BCUT2D eigenvalue weighted by Crippen LogP contribution is 2.25. The number of hydrogen-bond donors (Lipinski definition) is 3. The van der Waals surface area contributed by atoms with E-state index in [1.807, 2.05) is 5.32 Å². The number of carboxylic acids is 2. The molecule has 0 fully saturated rings. The van der Waals surface area contributed by atoms with E-state index in [9.17, 15) is 18.8 Å². The first-order valence-corrected chi connectivity index (χ1v) is 6.40. The van der Waals surface area contributed by atoms with Crippen LogP contribution in [0.3, 0.4) is 0 Å². The van der Waals surface area contributed by atoms with Crippen LogP contribution in [0.5, 0.6) is 5.75 Å². The molecular formula is C12H11BrFNO6. The second-order valence-electron chi connectivity index (χ2n) is 3.92. The van der Waals surface area contributed by atoms with Gasteiger partial charge in [0.05, 0.1) is 10.9 Å². The van der Waals surface area contributed by atoms with Gasteiger partial charge in [0.2, 0.25) is 0 Å². The Morgan fingerprint density at radius 3 is 2.52 bits per heavy atom. The molecule has 0 aromatic heterocycles. The number of nitrogens with one attached hydrogen (secondary N) is 1. The van der Waals surface area contributed by atoms with Crippen molar-refractivity contribution in [3.05, 3.63) is 28.5 Å². The van der Waals surface area contributed by atoms with Gasteiger partial charge in [-0.25, -0.2) is 9.18 Å². The minimum atomic E-state index is -1.55. The van der Waals surface area contributed by atoms with E-state index in [1.165, 1.54) is 6.07 Å². The molecule has 0 aliphatic rings. The third-order valence-corrected chi connectivity index (χ3v) is 2.88. The Kier molecular flexibility index (Phi) is 6.10. The van der Waals surface area contributed by atoms with Crippen molar-refractivity contribution in [3.8, 4) is 5.75 Å². The van der Waals surface area contributed by atoms with E-state index in [2.05, 4.69) is 15.9 Å². The number of carboxylic acid groups (broad SMARTS) is 2. The Labute approximate surface area is 126 Å². The van der Waals surface area contributed by atoms with Crippen LogP contribution in [0.2, 0.25) is 0 Å². The summed E-state index contributed by atoms with van der Waals surface area (Å²) < 4.78 is 18.2. The van der Waals surface area contributed by atoms with Gasteiger partial charge >= 0.3 is 11.9 Å². The Bertz CT molecular complexity index is 565. The van der Waals surface area contributed by atoms with Crippen LogP contribution in [-0.4, -0.2) is 40.7 Å². The lowest BCUT2D eigenvalue weighted by Crippen LogP contribution is -2.44. The Morgan fingerprint density at radius 1 is 1.33 bits per heavy atom. The predicted molar refractivity (Wildman–Crippen MR) is 71.4 cm³/mol. The van der Waals surface area contributed by atoms with Crippen LogP contribution in [-0.2, 0) is 14.4 Å². The third kappa shape index (κ3) is 5.78. The molecule has 0 radical (unpaired) electrons. The molecule has 1 atom stereocenters. The molecule has 1 aromatic carbocycles. The average Bonchev–Trinajstić information content (AvgIpc) is 2.36. The lowest BCUT2D eigenvalue weighted by atomic mass is 10.2. The minimum Gasteiger partial charge on any atom is -0.483 e. The molecule has 21 heavy (non-hydrogen) atoms. The molecule has 0 bridgehead atoms. The van der Waals surface area contributed by atoms with Gasteiger partial charge in [-0.2, -0.15) is 0 Å². The number of amides is 1. The Morgan fingerprint density at radius 2 is 2.00 bits per heavy atom. The fourth-order valence-electron chi connectivity index (χ4n) is 1.35. The molecule has 0 aliphatic heterocycles. The van der Waals surface area contributed by atoms with Crippen molar-refractivity contribution in [1.82, 2.24) is 5.32 Å². The first-order chi connectivity index (χ1) is 9.79. The van der Waals surface area contributed by atoms with Crippen molar-refractivity contribution in [1.29, 1.82) is 0 Å². The number of carbonyl (C=O) groups excluding carboxylic acids is 1. The Balaban J connectivity index is 2.56. The quantitative estimate of drug-likeness (QED) is 0.666. The zero-order valence-corrected chi connectivity index (χ0v) is 12.1. The van der Waals surface area contributed by atoms with Crippen molar-refractivity contribution in [2.24, 2.45) is 0 Å². The molecule has 0 heterocycles. The summed E-state index contributed by atoms with van der Waals surface area (Å²) in [6, 6.07) is 2.01. The van der Waals surface area contributed by atoms with E-state index in [1.54, 1.807) is 0 Å². The molecule has 9 heteroatoms. The lowest BCUT2D eigenvalue weighted by Gasteiger charge is -2.13. The molecule has 3 N–H and O–H groups in total. The average molecular weight is 364 g/mol. The number of ether oxygens (including phenoxy) is 1. The van der Waals surface area contributed by atoms with Crippen molar-refractivity contribution in [2.45, 2.75) is 12.5 Å². The number of carbonyl (C=O) groups is 3. The van der Waals surface area contributed by atoms with Crippen LogP contribution in [0, 0.1) is 5.82 Å². The highest BCUT2D eigenvalue weighted by atomic mass is 79.9. The van der Waals surface area contributed by atoms with E-state index < -0.39 is 42.7 Å². The summed E-state index contributed by atoms with van der Waals surface area (Å²) in [4.78, 5) is 32.7. The summed E-state index contributed by atoms with van der Waals surface area (Å²) in [5, 5.41) is 19.3. The minimum absolute atomic E-state index is 0.191. The summed E-state index contributed by atoms with van der Waals surface area (Å²) in [6.45, 7) is -0.534. The summed E-state index contributed by atoms with van der Waals surface area (Å²) in [5.74, 6) is -3.93. The normalized spacial score (nSPS) is 11.5. The highest BCUT2D eigenvalue weighted by molar-refractivity contribution is 9.10. The van der Waals surface area contributed by atoms with Gasteiger partial charge in [0, 0.05) is 0 Å². The molecule has 1 amide bonds. The van der Waals surface area contributed by atoms with Crippen molar-refractivity contribution in [2.75, 3.05) is 6.61 Å². The molecule has 0 aliphatic carbocycles. The van der Waals surface area contributed by atoms with Crippen molar-refractivity contribution in [3.63, 3.8) is 0 Å². The van der Waals surface area contributed by atoms with Crippen LogP contribution in [0.4, 0.5) is 4.39 Å². The summed E-state index contributed by atoms with van der Waals surface area (Å²) in [7, 11) is 0. The van der Waals surface area contributed by atoms with Crippen LogP contribution >= 0.6 is 15.9 Å². The molecule has 0 saturated carbocycles. The molecule has 0 unspecified atom stereocenters. The second-order valence-corrected chi connectivity index (χ2v) is 4.77. The van der Waals surface area contributed by atoms with Gasteiger partial charge in [-0.1, -0.05) is 0 Å². The first kappa shape index (κ1) is 16.9. The van der Waals surface area contributed by atoms with Gasteiger partial charge in [-0.05, 0) is 34.1 Å². The van der Waals surface area contributed by atoms with Crippen LogP contribution in [0.1, 0.15) is 6.42 Å². The summed E-state index contributed by atoms with van der Waals surface area (Å²) in [5.41, 5.74) is 0. The predicted octanol–water partition coefficient (Wildman–Crippen LogP) is 1.01. The fourth-order valence-corrected chi connectivity index (χ4v) is 1.81. The molecule has 0 saturated heterocycles. The highest BCUT2D eigenvalue weighted by Gasteiger charge is 2.23. The topological polar surface area (TPSA) is 113 Å². The maximum absolute atomic E-state index is 12.8. The van der Waals surface area contributed by atoms with E-state index >= 15 is 0 Å². The number of rotatable bonds is 7. The first-order valence-electron chi connectivity index (χ1n) is 5.61. The molecular weight excluding hydrogens is 353 g/mol. The lowest BCUT2D eigenvalue weighted by molar-refractivity contribution is -0.147. The number of halogens is 2. The van der Waals surface area contributed by atoms with Gasteiger partial charge < -0.3 is 20.3 Å². The van der Waals surface area contributed by atoms with E-state index in [-0.39, 0.29) is 10.2 Å². The van der Waals surface area contributed by atoms with E-state index in [0.717, 1.165) is 12.1 Å². The number of benzene rings is 1. The monoisotopic (exact) mass is 363 g/mol. The molecule has 114 valence electrons. The maximum atomic E-state index is 12.8. The van der Waals surface area contributed by atoms with Crippen molar-refractivity contribution >= 4 is 33.8 Å². The zero-order valence-electron chi connectivity index (χ0n) is 10.5. The Hall–Kier alpha value is -2.16. The van der Waals surface area contributed by atoms with Gasteiger partial charge in [0.1, 0.15) is 17.6 Å². The van der Waals surface area contributed by atoms with E-state index in [4.69, 9.17) is 14.9 Å². The standard InChI is InChI=1S/C12H11BrFNO6/c13-7-3-6(14)1-2-9(7)21-5-10(16)15-8(12(19)20)4-11(17)18/h1-3,8H,4-5H2,(H,15,16)(H,17,18)(H,19,20)/t8-/m1/s1. The number of aliphatic carboxylic acids is 2. The third-order valence-electron chi connectivity index (χ3n) is 2.26. The van der Waals surface area contributed by atoms with Crippen molar-refractivity contribution < 1.29 is 33.7 Å². The molecule has 1 aromatic rings. The van der Waals surface area contributed by atoms with Gasteiger partial charge in [0.15, 0.2) is 6.61 Å². The molecule has 1 rings (SSSR count). The largest absolute Gasteiger partial charge is 0.483 e. The molecule has 7 nitrogen and oxygen atoms in total. The van der Waals surface area contributed by atoms with Gasteiger partial charge in [0.25, 0.3) is 5.91 Å². The molecule has 0 spiro atoms. The smallest absolute Gasteiger partial charge is 0.326 e. The fraction of sp³-hybridized carbons (Fsp3) is 0.250.